The van der Waals surface area contributed by atoms with Crippen molar-refractivity contribution in [1.29, 1.82) is 0 Å². The van der Waals surface area contributed by atoms with E-state index in [0.29, 0.717) is 18.7 Å². The molecule has 2 aromatic heterocycles. The van der Waals surface area contributed by atoms with Crippen LogP contribution >= 0.6 is 0 Å². The minimum absolute atomic E-state index is 0.0582. The number of rotatable bonds is 4. The number of hydrogen-bond donors (Lipinski definition) is 0. The number of imidazole rings is 1. The first-order valence-corrected chi connectivity index (χ1v) is 9.47. The Balaban J connectivity index is 1.29. The summed E-state index contributed by atoms with van der Waals surface area (Å²) < 4.78 is 39.9. The highest BCUT2D eigenvalue weighted by Gasteiger charge is 2.30. The van der Waals surface area contributed by atoms with E-state index >= 15 is 0 Å². The second kappa shape index (κ2) is 7.87. The fourth-order valence-electron chi connectivity index (χ4n) is 3.55. The minimum atomic E-state index is -4.36. The minimum Gasteiger partial charge on any atom is -0.340 e. The Hall–Kier alpha value is -2.87. The molecule has 8 heteroatoms. The highest BCUT2D eigenvalue weighted by molar-refractivity contribution is 5.78. The molecule has 4 rings (SSSR count). The topological polar surface area (TPSA) is 40.9 Å². The molecule has 152 valence electrons. The largest absolute Gasteiger partial charge is 0.416 e. The van der Waals surface area contributed by atoms with Crippen LogP contribution < -0.4 is 0 Å². The molecule has 0 spiro atoms. The van der Waals surface area contributed by atoms with Crippen LogP contribution in [0.2, 0.25) is 0 Å². The molecule has 1 aliphatic rings. The Morgan fingerprint density at radius 3 is 2.38 bits per heavy atom. The standard InChI is InChI=1S/C21H21F3N4O/c22-21(23,24)17-6-4-16(5-7-17)13-20(29)27-11-9-26(10-12-27)14-18-15-28-8-2-1-3-19(28)25-18/h1-8,15H,9-14H2. The van der Waals surface area contributed by atoms with Crippen LogP contribution in [0, 0.1) is 0 Å². The van der Waals surface area contributed by atoms with Crippen molar-refractivity contribution < 1.29 is 18.0 Å². The first-order chi connectivity index (χ1) is 13.9. The van der Waals surface area contributed by atoms with Crippen molar-refractivity contribution in [2.75, 3.05) is 26.2 Å². The number of amides is 1. The van der Waals surface area contributed by atoms with Crippen molar-refractivity contribution in [3.63, 3.8) is 0 Å². The summed E-state index contributed by atoms with van der Waals surface area (Å²) in [5, 5.41) is 0. The van der Waals surface area contributed by atoms with E-state index in [-0.39, 0.29) is 12.3 Å². The molecule has 0 bridgehead atoms. The van der Waals surface area contributed by atoms with Crippen LogP contribution in [0.15, 0.2) is 54.9 Å². The molecule has 0 saturated carbocycles. The zero-order chi connectivity index (χ0) is 20.4. The number of alkyl halides is 3. The molecular weight excluding hydrogens is 381 g/mol. The highest BCUT2D eigenvalue weighted by Crippen LogP contribution is 2.29. The predicted octanol–water partition coefficient (Wildman–Crippen LogP) is 3.24. The number of carbonyl (C=O) groups excluding carboxylic acids is 1. The van der Waals surface area contributed by atoms with Gasteiger partial charge in [-0.15, -0.1) is 0 Å². The van der Waals surface area contributed by atoms with Gasteiger partial charge in [-0.1, -0.05) is 18.2 Å². The van der Waals surface area contributed by atoms with Gasteiger partial charge in [-0.2, -0.15) is 13.2 Å². The van der Waals surface area contributed by atoms with E-state index in [0.717, 1.165) is 43.1 Å². The Kier molecular flexibility index (Phi) is 5.27. The SMILES string of the molecule is O=C(Cc1ccc(C(F)(F)F)cc1)N1CCN(Cc2cn3ccccc3n2)CC1. The summed E-state index contributed by atoms with van der Waals surface area (Å²) in [6.07, 6.45) is -0.272. The molecule has 1 aromatic carbocycles. The number of pyridine rings is 1. The molecule has 3 heterocycles. The predicted molar refractivity (Wildman–Crippen MR) is 102 cm³/mol. The number of benzene rings is 1. The van der Waals surface area contributed by atoms with E-state index in [4.69, 9.17) is 0 Å². The van der Waals surface area contributed by atoms with Crippen LogP contribution in [-0.2, 0) is 23.9 Å². The lowest BCUT2D eigenvalue weighted by molar-refractivity contribution is -0.137. The second-order valence-electron chi connectivity index (χ2n) is 7.23. The Morgan fingerprint density at radius 2 is 1.72 bits per heavy atom. The number of hydrogen-bond acceptors (Lipinski definition) is 3. The summed E-state index contributed by atoms with van der Waals surface area (Å²) in [7, 11) is 0. The maximum atomic E-state index is 12.6. The molecule has 0 radical (unpaired) electrons. The number of halogens is 3. The molecule has 0 aliphatic carbocycles. The first-order valence-electron chi connectivity index (χ1n) is 9.47. The van der Waals surface area contributed by atoms with Gasteiger partial charge in [0, 0.05) is 45.1 Å². The van der Waals surface area contributed by atoms with Crippen LogP contribution in [0.1, 0.15) is 16.8 Å². The normalized spacial score (nSPS) is 15.8. The zero-order valence-corrected chi connectivity index (χ0v) is 15.8. The highest BCUT2D eigenvalue weighted by atomic mass is 19.4. The number of fused-ring (bicyclic) bond motifs is 1. The number of aromatic nitrogens is 2. The summed E-state index contributed by atoms with van der Waals surface area (Å²) in [4.78, 5) is 21.1. The fourth-order valence-corrected chi connectivity index (χ4v) is 3.55. The van der Waals surface area contributed by atoms with Gasteiger partial charge >= 0.3 is 6.18 Å². The fraction of sp³-hybridized carbons (Fsp3) is 0.333. The third-order valence-corrected chi connectivity index (χ3v) is 5.16. The Morgan fingerprint density at radius 1 is 1.00 bits per heavy atom. The monoisotopic (exact) mass is 402 g/mol. The van der Waals surface area contributed by atoms with Crippen LogP contribution in [0.4, 0.5) is 13.2 Å². The molecule has 5 nitrogen and oxygen atoms in total. The van der Waals surface area contributed by atoms with E-state index < -0.39 is 11.7 Å². The van der Waals surface area contributed by atoms with Gasteiger partial charge in [-0.05, 0) is 29.8 Å². The molecule has 1 amide bonds. The number of piperazine rings is 1. The first kappa shape index (κ1) is 19.4. The van der Waals surface area contributed by atoms with Crippen molar-refractivity contribution in [3.8, 4) is 0 Å². The zero-order valence-electron chi connectivity index (χ0n) is 15.8. The quantitative estimate of drug-likeness (QED) is 0.673. The lowest BCUT2D eigenvalue weighted by Gasteiger charge is -2.34. The summed E-state index contributed by atoms with van der Waals surface area (Å²) in [5.74, 6) is -0.0582. The van der Waals surface area contributed by atoms with Gasteiger partial charge in [0.1, 0.15) is 5.65 Å². The van der Waals surface area contributed by atoms with Gasteiger partial charge in [0.2, 0.25) is 5.91 Å². The maximum absolute atomic E-state index is 12.6. The third kappa shape index (κ3) is 4.59. The van der Waals surface area contributed by atoms with E-state index in [1.165, 1.54) is 12.1 Å². The van der Waals surface area contributed by atoms with Gasteiger partial charge in [-0.3, -0.25) is 9.69 Å². The summed E-state index contributed by atoms with van der Waals surface area (Å²) >= 11 is 0. The van der Waals surface area contributed by atoms with Crippen molar-refractivity contribution in [2.45, 2.75) is 19.1 Å². The Bertz CT molecular complexity index is 956. The van der Waals surface area contributed by atoms with Gasteiger partial charge in [0.25, 0.3) is 0 Å². The van der Waals surface area contributed by atoms with Crippen LogP contribution in [0.5, 0.6) is 0 Å². The molecule has 1 saturated heterocycles. The summed E-state index contributed by atoms with van der Waals surface area (Å²) in [6, 6.07) is 10.7. The van der Waals surface area contributed by atoms with Gasteiger partial charge in [0.05, 0.1) is 17.7 Å². The number of nitrogens with zero attached hydrogens (tertiary/aromatic N) is 4. The van der Waals surface area contributed by atoms with E-state index in [9.17, 15) is 18.0 Å². The van der Waals surface area contributed by atoms with E-state index in [2.05, 4.69) is 9.88 Å². The van der Waals surface area contributed by atoms with Crippen molar-refractivity contribution >= 4 is 11.6 Å². The lowest BCUT2D eigenvalue weighted by Crippen LogP contribution is -2.48. The van der Waals surface area contributed by atoms with Crippen LogP contribution in [0.3, 0.4) is 0 Å². The lowest BCUT2D eigenvalue weighted by atomic mass is 10.1. The van der Waals surface area contributed by atoms with Crippen molar-refractivity contribution in [1.82, 2.24) is 19.2 Å². The van der Waals surface area contributed by atoms with Crippen LogP contribution in [0.25, 0.3) is 5.65 Å². The molecule has 1 fully saturated rings. The van der Waals surface area contributed by atoms with Crippen molar-refractivity contribution in [3.05, 3.63) is 71.7 Å². The molecule has 3 aromatic rings. The van der Waals surface area contributed by atoms with Crippen LogP contribution in [-0.4, -0.2) is 51.3 Å². The Labute approximate surface area is 166 Å². The van der Waals surface area contributed by atoms with Gasteiger partial charge in [0.15, 0.2) is 0 Å². The van der Waals surface area contributed by atoms with Gasteiger partial charge < -0.3 is 9.30 Å². The molecule has 0 N–H and O–H groups in total. The van der Waals surface area contributed by atoms with E-state index in [1.54, 1.807) is 4.90 Å². The molecule has 0 atom stereocenters. The summed E-state index contributed by atoms with van der Waals surface area (Å²) in [6.45, 7) is 3.42. The second-order valence-corrected chi connectivity index (χ2v) is 7.23. The average Bonchev–Trinajstić information content (AvgIpc) is 3.10. The van der Waals surface area contributed by atoms with Gasteiger partial charge in [-0.25, -0.2) is 4.98 Å². The maximum Gasteiger partial charge on any atom is 0.416 e. The molecule has 29 heavy (non-hydrogen) atoms. The molecule has 0 unspecified atom stereocenters. The van der Waals surface area contributed by atoms with E-state index in [1.807, 2.05) is 35.0 Å². The molecule has 1 aliphatic heterocycles. The van der Waals surface area contributed by atoms with Crippen molar-refractivity contribution in [2.24, 2.45) is 0 Å². The number of carbonyl (C=O) groups is 1. The smallest absolute Gasteiger partial charge is 0.340 e. The average molecular weight is 402 g/mol. The third-order valence-electron chi connectivity index (χ3n) is 5.16. The molecular formula is C21H21F3N4O. The summed E-state index contributed by atoms with van der Waals surface area (Å²) in [5.41, 5.74) is 1.79.